The Kier molecular flexibility index (Phi) is 5.70. The molecule has 1 saturated carbocycles. The highest BCUT2D eigenvalue weighted by atomic mass is 32.2. The standard InChI is InChI=1S/C24H29NOS/c1-2-23(26)24(14-16-25(17-15-24)18-19-12-13-19)21-10-6-7-11-22(21)27-20-8-4-3-5-9-20/h3-11,19H,2,12-18H2,1H3. The van der Waals surface area contributed by atoms with Crippen LogP contribution in [0.1, 0.15) is 44.6 Å². The van der Waals surface area contributed by atoms with E-state index in [-0.39, 0.29) is 5.41 Å². The fourth-order valence-corrected chi connectivity index (χ4v) is 5.45. The minimum Gasteiger partial charge on any atom is -0.303 e. The van der Waals surface area contributed by atoms with Crippen molar-refractivity contribution in [3.05, 3.63) is 60.2 Å². The van der Waals surface area contributed by atoms with Crippen molar-refractivity contribution in [1.82, 2.24) is 4.90 Å². The first-order chi connectivity index (χ1) is 13.2. The number of hydrogen-bond donors (Lipinski definition) is 0. The highest BCUT2D eigenvalue weighted by Gasteiger charge is 2.43. The Morgan fingerprint density at radius 1 is 1.04 bits per heavy atom. The molecule has 4 rings (SSSR count). The van der Waals surface area contributed by atoms with Crippen LogP contribution in [0.2, 0.25) is 0 Å². The van der Waals surface area contributed by atoms with Gasteiger partial charge in [-0.15, -0.1) is 0 Å². The van der Waals surface area contributed by atoms with E-state index >= 15 is 0 Å². The van der Waals surface area contributed by atoms with E-state index in [4.69, 9.17) is 0 Å². The van der Waals surface area contributed by atoms with E-state index in [1.54, 1.807) is 11.8 Å². The fourth-order valence-electron chi connectivity index (χ4n) is 4.39. The van der Waals surface area contributed by atoms with E-state index in [1.807, 2.05) is 13.0 Å². The Hall–Kier alpha value is -1.58. The van der Waals surface area contributed by atoms with Crippen molar-refractivity contribution in [2.45, 2.75) is 54.2 Å². The lowest BCUT2D eigenvalue weighted by Crippen LogP contribution is -2.47. The molecular formula is C24H29NOS. The van der Waals surface area contributed by atoms with E-state index < -0.39 is 0 Å². The zero-order valence-corrected chi connectivity index (χ0v) is 17.0. The predicted molar refractivity (Wildman–Crippen MR) is 112 cm³/mol. The number of carbonyl (C=O) groups excluding carboxylic acids is 1. The molecule has 1 saturated heterocycles. The number of benzene rings is 2. The van der Waals surface area contributed by atoms with Crippen LogP contribution in [-0.2, 0) is 10.2 Å². The average molecular weight is 380 g/mol. The number of ketones is 1. The second kappa shape index (κ2) is 8.20. The summed E-state index contributed by atoms with van der Waals surface area (Å²) in [5, 5.41) is 0. The maximum absolute atomic E-state index is 13.2. The van der Waals surface area contributed by atoms with Crippen molar-refractivity contribution >= 4 is 17.5 Å². The summed E-state index contributed by atoms with van der Waals surface area (Å²) in [4.78, 5) is 18.3. The number of piperidine rings is 1. The summed E-state index contributed by atoms with van der Waals surface area (Å²) in [6, 6.07) is 19.1. The normalized spacial score (nSPS) is 19.7. The summed E-state index contributed by atoms with van der Waals surface area (Å²) in [7, 11) is 0. The molecule has 3 heteroatoms. The lowest BCUT2D eigenvalue weighted by atomic mass is 9.69. The minimum absolute atomic E-state index is 0.312. The SMILES string of the molecule is CCC(=O)C1(c2ccccc2Sc2ccccc2)CCN(CC2CC2)CC1. The summed E-state index contributed by atoms with van der Waals surface area (Å²) in [5.41, 5.74) is 0.935. The van der Waals surface area contributed by atoms with Gasteiger partial charge in [0.25, 0.3) is 0 Å². The summed E-state index contributed by atoms with van der Waals surface area (Å²) in [6.07, 6.45) is 5.32. The quantitative estimate of drug-likeness (QED) is 0.628. The molecule has 0 bridgehead atoms. The van der Waals surface area contributed by atoms with Crippen molar-refractivity contribution in [2.24, 2.45) is 5.92 Å². The molecule has 2 nitrogen and oxygen atoms in total. The second-order valence-corrected chi connectivity index (χ2v) is 9.13. The maximum Gasteiger partial charge on any atom is 0.143 e. The molecule has 0 atom stereocenters. The molecule has 142 valence electrons. The van der Waals surface area contributed by atoms with Crippen molar-refractivity contribution in [3.8, 4) is 0 Å². The molecule has 0 spiro atoms. The molecule has 2 aromatic carbocycles. The van der Waals surface area contributed by atoms with E-state index in [9.17, 15) is 4.79 Å². The third kappa shape index (κ3) is 4.14. The summed E-state index contributed by atoms with van der Waals surface area (Å²) < 4.78 is 0. The van der Waals surface area contributed by atoms with Crippen LogP contribution in [0.3, 0.4) is 0 Å². The third-order valence-corrected chi connectivity index (χ3v) is 7.24. The van der Waals surface area contributed by atoms with Gasteiger partial charge < -0.3 is 4.90 Å². The first-order valence-electron chi connectivity index (χ1n) is 10.3. The zero-order valence-electron chi connectivity index (χ0n) is 16.2. The number of Topliss-reactive ketones (excluding diaryl/α,β-unsaturated/α-hetero) is 1. The zero-order chi connectivity index (χ0) is 18.7. The number of likely N-dealkylation sites (tertiary alicyclic amines) is 1. The highest BCUT2D eigenvalue weighted by Crippen LogP contribution is 2.44. The minimum atomic E-state index is -0.312. The van der Waals surface area contributed by atoms with Crippen molar-refractivity contribution in [3.63, 3.8) is 0 Å². The number of hydrogen-bond acceptors (Lipinski definition) is 3. The van der Waals surface area contributed by atoms with Gasteiger partial charge in [0.1, 0.15) is 5.78 Å². The Morgan fingerprint density at radius 2 is 1.70 bits per heavy atom. The molecule has 0 unspecified atom stereocenters. The number of carbonyl (C=O) groups is 1. The first kappa shape index (κ1) is 18.8. The number of rotatable bonds is 7. The van der Waals surface area contributed by atoms with Crippen molar-refractivity contribution < 1.29 is 4.79 Å². The lowest BCUT2D eigenvalue weighted by Gasteiger charge is -2.42. The van der Waals surface area contributed by atoms with Crippen LogP contribution in [0.5, 0.6) is 0 Å². The van der Waals surface area contributed by atoms with Crippen LogP contribution < -0.4 is 0 Å². The molecular weight excluding hydrogens is 350 g/mol. The molecule has 0 aromatic heterocycles. The van der Waals surface area contributed by atoms with E-state index in [1.165, 1.54) is 34.7 Å². The van der Waals surface area contributed by atoms with Crippen LogP contribution >= 0.6 is 11.8 Å². The summed E-state index contributed by atoms with van der Waals surface area (Å²) in [5.74, 6) is 1.33. The molecule has 1 aliphatic carbocycles. The molecule has 0 amide bonds. The Labute approximate surface area is 167 Å². The molecule has 0 radical (unpaired) electrons. The topological polar surface area (TPSA) is 20.3 Å². The van der Waals surface area contributed by atoms with Gasteiger partial charge in [-0.3, -0.25) is 4.79 Å². The van der Waals surface area contributed by atoms with Crippen LogP contribution in [0, 0.1) is 5.92 Å². The molecule has 2 fully saturated rings. The van der Waals surface area contributed by atoms with Crippen LogP contribution in [-0.4, -0.2) is 30.3 Å². The molecule has 1 heterocycles. The van der Waals surface area contributed by atoms with Gasteiger partial charge in [-0.05, 0) is 68.5 Å². The maximum atomic E-state index is 13.2. The van der Waals surface area contributed by atoms with Crippen LogP contribution in [0.15, 0.2) is 64.4 Å². The van der Waals surface area contributed by atoms with Gasteiger partial charge >= 0.3 is 0 Å². The third-order valence-electron chi connectivity index (χ3n) is 6.15. The van der Waals surface area contributed by atoms with Crippen LogP contribution in [0.25, 0.3) is 0 Å². The van der Waals surface area contributed by atoms with E-state index in [0.717, 1.165) is 31.8 Å². The summed E-state index contributed by atoms with van der Waals surface area (Å²) in [6.45, 7) is 5.35. The monoisotopic (exact) mass is 379 g/mol. The van der Waals surface area contributed by atoms with Crippen molar-refractivity contribution in [2.75, 3.05) is 19.6 Å². The average Bonchev–Trinajstić information content (AvgIpc) is 3.53. The molecule has 1 aliphatic heterocycles. The van der Waals surface area contributed by atoms with Crippen molar-refractivity contribution in [1.29, 1.82) is 0 Å². The molecule has 27 heavy (non-hydrogen) atoms. The summed E-state index contributed by atoms with van der Waals surface area (Å²) >= 11 is 1.79. The lowest BCUT2D eigenvalue weighted by molar-refractivity contribution is -0.126. The second-order valence-electron chi connectivity index (χ2n) is 8.01. The Balaban J connectivity index is 1.62. The van der Waals surface area contributed by atoms with Gasteiger partial charge in [0, 0.05) is 22.8 Å². The van der Waals surface area contributed by atoms with Crippen LogP contribution in [0.4, 0.5) is 0 Å². The van der Waals surface area contributed by atoms with Gasteiger partial charge in [0.15, 0.2) is 0 Å². The molecule has 2 aliphatic rings. The number of nitrogens with zero attached hydrogens (tertiary/aromatic N) is 1. The highest BCUT2D eigenvalue weighted by molar-refractivity contribution is 7.99. The Bertz CT molecular complexity index is 776. The largest absolute Gasteiger partial charge is 0.303 e. The molecule has 2 aromatic rings. The first-order valence-corrected chi connectivity index (χ1v) is 11.1. The van der Waals surface area contributed by atoms with Gasteiger partial charge in [-0.1, -0.05) is 55.1 Å². The fraction of sp³-hybridized carbons (Fsp3) is 0.458. The van der Waals surface area contributed by atoms with Gasteiger partial charge in [-0.2, -0.15) is 0 Å². The van der Waals surface area contributed by atoms with Gasteiger partial charge in [0.05, 0.1) is 5.41 Å². The molecule has 0 N–H and O–H groups in total. The van der Waals surface area contributed by atoms with E-state index in [0.29, 0.717) is 12.2 Å². The van der Waals surface area contributed by atoms with E-state index in [2.05, 4.69) is 53.4 Å². The van der Waals surface area contributed by atoms with Gasteiger partial charge in [-0.25, -0.2) is 0 Å². The Morgan fingerprint density at radius 3 is 2.37 bits per heavy atom. The predicted octanol–water partition coefficient (Wildman–Crippen LogP) is 5.56. The van der Waals surface area contributed by atoms with Gasteiger partial charge in [0.2, 0.25) is 0 Å². The smallest absolute Gasteiger partial charge is 0.143 e.